The summed E-state index contributed by atoms with van der Waals surface area (Å²) in [5.74, 6) is 0. The van der Waals surface area contributed by atoms with Crippen molar-refractivity contribution in [3.63, 3.8) is 0 Å². The summed E-state index contributed by atoms with van der Waals surface area (Å²) in [4.78, 5) is 1.96. The van der Waals surface area contributed by atoms with Crippen LogP contribution in [0, 0.1) is 0 Å². The number of hydrogen-bond acceptors (Lipinski definition) is 2. The van der Waals surface area contributed by atoms with Gasteiger partial charge in [-0.15, -0.1) is 5.11 Å². The Labute approximate surface area is 111 Å². The fraction of sp³-hybridized carbons (Fsp3) is 0.0714. The number of azo groups is 1. The quantitative estimate of drug-likeness (QED) is 0.758. The molecule has 0 aliphatic carbocycles. The molecule has 0 saturated heterocycles. The van der Waals surface area contributed by atoms with Gasteiger partial charge in [0.25, 0.3) is 0 Å². The maximum atomic E-state index is 5.27. The van der Waals surface area contributed by atoms with Gasteiger partial charge in [-0.3, -0.25) is 4.90 Å². The lowest BCUT2D eigenvalue weighted by atomic mass is 10.1. The molecule has 0 saturated carbocycles. The Kier molecular flexibility index (Phi) is 2.86. The van der Waals surface area contributed by atoms with Crippen LogP contribution in [0.4, 0.5) is 5.69 Å². The predicted octanol–water partition coefficient (Wildman–Crippen LogP) is 3.94. The summed E-state index contributed by atoms with van der Waals surface area (Å²) in [6.45, 7) is 0. The van der Waals surface area contributed by atoms with Gasteiger partial charge in [-0.05, 0) is 29.9 Å². The van der Waals surface area contributed by atoms with E-state index in [4.69, 9.17) is 12.2 Å². The number of benzene rings is 2. The van der Waals surface area contributed by atoms with Crippen LogP contribution in [0.3, 0.4) is 0 Å². The SMILES string of the molecule is S=C1N=NC(c2ccccc2)N1c1ccccc1. The van der Waals surface area contributed by atoms with Crippen LogP contribution in [0.2, 0.25) is 0 Å². The lowest BCUT2D eigenvalue weighted by molar-refractivity contribution is 0.765. The van der Waals surface area contributed by atoms with Crippen molar-refractivity contribution in [2.24, 2.45) is 10.2 Å². The molecule has 1 aliphatic rings. The first-order valence-corrected chi connectivity index (χ1v) is 6.11. The maximum absolute atomic E-state index is 5.27. The molecule has 0 N–H and O–H groups in total. The molecule has 0 spiro atoms. The van der Waals surface area contributed by atoms with Crippen LogP contribution >= 0.6 is 12.2 Å². The topological polar surface area (TPSA) is 28.0 Å². The van der Waals surface area contributed by atoms with E-state index in [2.05, 4.69) is 10.2 Å². The highest BCUT2D eigenvalue weighted by molar-refractivity contribution is 7.80. The second-order valence-electron chi connectivity index (χ2n) is 3.99. The molecule has 88 valence electrons. The number of hydrogen-bond donors (Lipinski definition) is 0. The molecular weight excluding hydrogens is 242 g/mol. The van der Waals surface area contributed by atoms with Gasteiger partial charge in [-0.25, -0.2) is 0 Å². The Morgan fingerprint density at radius 1 is 0.889 bits per heavy atom. The Morgan fingerprint density at radius 2 is 1.50 bits per heavy atom. The molecule has 18 heavy (non-hydrogen) atoms. The molecule has 1 unspecified atom stereocenters. The largest absolute Gasteiger partial charge is 0.287 e. The van der Waals surface area contributed by atoms with Gasteiger partial charge in [0.1, 0.15) is 0 Å². The normalized spacial score (nSPS) is 18.3. The first-order valence-electron chi connectivity index (χ1n) is 5.70. The zero-order valence-corrected chi connectivity index (χ0v) is 10.4. The number of anilines is 1. The summed E-state index contributed by atoms with van der Waals surface area (Å²) in [5.41, 5.74) is 2.10. The average molecular weight is 253 g/mol. The van der Waals surface area contributed by atoms with E-state index in [1.165, 1.54) is 0 Å². The molecule has 1 heterocycles. The van der Waals surface area contributed by atoms with E-state index in [-0.39, 0.29) is 6.17 Å². The molecule has 0 fully saturated rings. The van der Waals surface area contributed by atoms with Crippen LogP contribution in [-0.4, -0.2) is 5.11 Å². The minimum atomic E-state index is -0.152. The van der Waals surface area contributed by atoms with Crippen molar-refractivity contribution in [2.75, 3.05) is 4.90 Å². The zero-order valence-electron chi connectivity index (χ0n) is 9.60. The molecule has 4 heteroatoms. The summed E-state index contributed by atoms with van der Waals surface area (Å²) < 4.78 is 0. The van der Waals surface area contributed by atoms with Crippen molar-refractivity contribution < 1.29 is 0 Å². The number of nitrogens with zero attached hydrogens (tertiary/aromatic N) is 3. The standard InChI is InChI=1S/C14H11N3S/c18-14-16-15-13(11-7-3-1-4-8-11)17(14)12-9-5-2-6-10-12/h1-10,13H. The minimum Gasteiger partial charge on any atom is -0.287 e. The Bertz CT molecular complexity index is 581. The molecule has 2 aromatic rings. The predicted molar refractivity (Wildman–Crippen MR) is 75.6 cm³/mol. The van der Waals surface area contributed by atoms with Crippen molar-refractivity contribution in [1.82, 2.24) is 0 Å². The van der Waals surface area contributed by atoms with E-state index in [1.807, 2.05) is 65.6 Å². The Morgan fingerprint density at radius 3 is 2.17 bits per heavy atom. The molecule has 0 amide bonds. The molecule has 1 atom stereocenters. The Balaban J connectivity index is 2.00. The van der Waals surface area contributed by atoms with E-state index < -0.39 is 0 Å². The minimum absolute atomic E-state index is 0.152. The van der Waals surface area contributed by atoms with Gasteiger partial charge < -0.3 is 0 Å². The summed E-state index contributed by atoms with van der Waals surface area (Å²) in [6.07, 6.45) is -0.152. The summed E-state index contributed by atoms with van der Waals surface area (Å²) in [5, 5.41) is 8.80. The highest BCUT2D eigenvalue weighted by Crippen LogP contribution is 2.33. The fourth-order valence-electron chi connectivity index (χ4n) is 1.99. The highest BCUT2D eigenvalue weighted by Gasteiger charge is 2.28. The maximum Gasteiger partial charge on any atom is 0.222 e. The zero-order chi connectivity index (χ0) is 12.4. The van der Waals surface area contributed by atoms with Gasteiger partial charge in [-0.1, -0.05) is 48.5 Å². The van der Waals surface area contributed by atoms with Crippen LogP contribution < -0.4 is 4.90 Å². The van der Waals surface area contributed by atoms with E-state index >= 15 is 0 Å². The van der Waals surface area contributed by atoms with Crippen LogP contribution in [0.15, 0.2) is 70.9 Å². The highest BCUT2D eigenvalue weighted by atomic mass is 32.1. The van der Waals surface area contributed by atoms with E-state index in [0.29, 0.717) is 5.11 Å². The molecule has 1 aliphatic heterocycles. The monoisotopic (exact) mass is 253 g/mol. The summed E-state index contributed by atoms with van der Waals surface area (Å²) in [7, 11) is 0. The molecule has 0 aromatic heterocycles. The lowest BCUT2D eigenvalue weighted by Gasteiger charge is -2.23. The average Bonchev–Trinajstić information content (AvgIpc) is 2.83. The van der Waals surface area contributed by atoms with Crippen LogP contribution in [0.1, 0.15) is 11.7 Å². The van der Waals surface area contributed by atoms with Gasteiger partial charge in [0, 0.05) is 5.69 Å². The van der Waals surface area contributed by atoms with Crippen LogP contribution in [-0.2, 0) is 0 Å². The molecule has 3 rings (SSSR count). The van der Waals surface area contributed by atoms with Crippen molar-refractivity contribution in [3.8, 4) is 0 Å². The molecule has 0 radical (unpaired) electrons. The second-order valence-corrected chi connectivity index (χ2v) is 4.35. The molecule has 3 nitrogen and oxygen atoms in total. The summed E-state index contributed by atoms with van der Waals surface area (Å²) >= 11 is 5.27. The first kappa shape index (κ1) is 11.0. The first-order chi connectivity index (χ1) is 8.86. The Hall–Kier alpha value is -2.07. The van der Waals surface area contributed by atoms with Gasteiger partial charge in [-0.2, -0.15) is 5.11 Å². The van der Waals surface area contributed by atoms with E-state index in [1.54, 1.807) is 0 Å². The van der Waals surface area contributed by atoms with Crippen molar-refractivity contribution in [2.45, 2.75) is 6.17 Å². The third-order valence-corrected chi connectivity index (χ3v) is 3.11. The van der Waals surface area contributed by atoms with Crippen molar-refractivity contribution in [3.05, 3.63) is 66.2 Å². The number of thiocarbonyl (C=S) groups is 1. The smallest absolute Gasteiger partial charge is 0.222 e. The third kappa shape index (κ3) is 1.91. The molecule has 0 bridgehead atoms. The van der Waals surface area contributed by atoms with Gasteiger partial charge >= 0.3 is 0 Å². The van der Waals surface area contributed by atoms with Crippen LogP contribution in [0.5, 0.6) is 0 Å². The van der Waals surface area contributed by atoms with E-state index in [9.17, 15) is 0 Å². The van der Waals surface area contributed by atoms with E-state index in [0.717, 1.165) is 11.3 Å². The number of para-hydroxylation sites is 1. The molecular formula is C14H11N3S. The van der Waals surface area contributed by atoms with Gasteiger partial charge in [0.05, 0.1) is 0 Å². The lowest BCUT2D eigenvalue weighted by Crippen LogP contribution is -2.26. The van der Waals surface area contributed by atoms with Gasteiger partial charge in [0.2, 0.25) is 5.11 Å². The molecule has 2 aromatic carbocycles. The second kappa shape index (κ2) is 4.66. The number of rotatable bonds is 2. The van der Waals surface area contributed by atoms with Crippen molar-refractivity contribution >= 4 is 23.0 Å². The fourth-order valence-corrected chi connectivity index (χ4v) is 2.24. The summed E-state index contributed by atoms with van der Waals surface area (Å²) in [6, 6.07) is 20.0. The third-order valence-electron chi connectivity index (χ3n) is 2.84. The van der Waals surface area contributed by atoms with Gasteiger partial charge in [0.15, 0.2) is 6.17 Å². The van der Waals surface area contributed by atoms with Crippen molar-refractivity contribution in [1.29, 1.82) is 0 Å². The van der Waals surface area contributed by atoms with Crippen LogP contribution in [0.25, 0.3) is 0 Å².